The van der Waals surface area contributed by atoms with Crippen LogP contribution in [0, 0.1) is 11.7 Å². The molecule has 2 amide bonds. The molecule has 0 atom stereocenters. The third-order valence-corrected chi connectivity index (χ3v) is 8.10. The lowest BCUT2D eigenvalue weighted by molar-refractivity contribution is 0.116. The van der Waals surface area contributed by atoms with Gasteiger partial charge in [-0.15, -0.1) is 0 Å². The van der Waals surface area contributed by atoms with Crippen LogP contribution in [0.5, 0.6) is 0 Å². The number of aromatic nitrogens is 1. The molecule has 2 aromatic rings. The summed E-state index contributed by atoms with van der Waals surface area (Å²) < 4.78 is 18.8. The van der Waals surface area contributed by atoms with Crippen LogP contribution in [0.3, 0.4) is 0 Å². The molecule has 186 valence electrons. The van der Waals surface area contributed by atoms with Crippen LogP contribution in [0.25, 0.3) is 11.0 Å². The first-order valence-corrected chi connectivity index (χ1v) is 13.2. The number of piperidine rings is 2. The van der Waals surface area contributed by atoms with E-state index in [2.05, 4.69) is 25.8 Å². The van der Waals surface area contributed by atoms with Gasteiger partial charge in [-0.25, -0.2) is 14.2 Å². The Kier molecular flexibility index (Phi) is 7.64. The van der Waals surface area contributed by atoms with Crippen LogP contribution in [0.4, 0.5) is 9.18 Å². The number of carbonyl (C=O) groups excluding carboxylic acids is 1. The minimum Gasteiger partial charge on any atom is -0.356 e. The minimum atomic E-state index is -0.283. The molecular weight excluding hydrogens is 433 g/mol. The Hall–Kier alpha value is -2.19. The second-order valence-corrected chi connectivity index (χ2v) is 10.5. The number of hydrogen-bond acceptors (Lipinski definition) is 5. The molecule has 0 radical (unpaired) electrons. The van der Waals surface area contributed by atoms with Crippen molar-refractivity contribution in [2.75, 3.05) is 32.7 Å². The predicted octanol–water partition coefficient (Wildman–Crippen LogP) is 4.80. The fourth-order valence-corrected chi connectivity index (χ4v) is 5.96. The predicted molar refractivity (Wildman–Crippen MR) is 130 cm³/mol. The van der Waals surface area contributed by atoms with Crippen LogP contribution in [0.2, 0.25) is 0 Å². The van der Waals surface area contributed by atoms with Crippen molar-refractivity contribution in [1.29, 1.82) is 0 Å². The largest absolute Gasteiger partial charge is 0.356 e. The Morgan fingerprint density at radius 1 is 1.03 bits per heavy atom. The Balaban J connectivity index is 0.992. The van der Waals surface area contributed by atoms with E-state index >= 15 is 0 Å². The van der Waals surface area contributed by atoms with Gasteiger partial charge in [-0.3, -0.25) is 5.43 Å². The van der Waals surface area contributed by atoms with Gasteiger partial charge in [0, 0.05) is 36.5 Å². The number of carbonyl (C=O) groups is 1. The third-order valence-electron chi connectivity index (χ3n) is 8.10. The molecule has 0 unspecified atom stereocenters. The number of likely N-dealkylation sites (tertiary alicyclic amines) is 1. The molecule has 34 heavy (non-hydrogen) atoms. The highest BCUT2D eigenvalue weighted by Gasteiger charge is 2.27. The fraction of sp³-hybridized carbons (Fsp3) is 0.692. The molecule has 8 heteroatoms. The molecule has 2 saturated heterocycles. The first-order chi connectivity index (χ1) is 16.6. The second-order valence-electron chi connectivity index (χ2n) is 10.5. The Morgan fingerprint density at radius 3 is 2.56 bits per heavy atom. The van der Waals surface area contributed by atoms with Crippen molar-refractivity contribution in [3.8, 4) is 0 Å². The maximum atomic E-state index is 13.4. The molecule has 2 aliphatic heterocycles. The minimum absolute atomic E-state index is 0.0294. The maximum absolute atomic E-state index is 13.4. The lowest BCUT2D eigenvalue weighted by Crippen LogP contribution is -2.52. The fourth-order valence-electron chi connectivity index (χ4n) is 5.96. The van der Waals surface area contributed by atoms with E-state index in [-0.39, 0.29) is 11.8 Å². The molecule has 1 aromatic heterocycles. The molecule has 3 aliphatic rings. The number of halogens is 1. The number of amides is 2. The number of benzene rings is 1. The van der Waals surface area contributed by atoms with E-state index < -0.39 is 0 Å². The van der Waals surface area contributed by atoms with Gasteiger partial charge in [-0.05, 0) is 82.6 Å². The second kappa shape index (κ2) is 11.0. The topological polar surface area (TPSA) is 73.6 Å². The van der Waals surface area contributed by atoms with Gasteiger partial charge in [0.1, 0.15) is 5.82 Å². The summed E-state index contributed by atoms with van der Waals surface area (Å²) >= 11 is 0. The average molecular weight is 472 g/mol. The van der Waals surface area contributed by atoms with Gasteiger partial charge in [0.25, 0.3) is 0 Å². The number of urea groups is 1. The van der Waals surface area contributed by atoms with Gasteiger partial charge in [-0.1, -0.05) is 24.4 Å². The van der Waals surface area contributed by atoms with E-state index in [1.54, 1.807) is 6.07 Å². The van der Waals surface area contributed by atoms with Gasteiger partial charge in [0.15, 0.2) is 5.58 Å². The average Bonchev–Trinajstić information content (AvgIpc) is 3.27. The molecule has 3 fully saturated rings. The number of rotatable bonds is 6. The summed E-state index contributed by atoms with van der Waals surface area (Å²) in [6.07, 6.45) is 11.6. The van der Waals surface area contributed by atoms with Gasteiger partial charge < -0.3 is 14.7 Å². The van der Waals surface area contributed by atoms with Crippen molar-refractivity contribution in [3.63, 3.8) is 0 Å². The smallest absolute Gasteiger partial charge is 0.329 e. The molecule has 1 saturated carbocycles. The van der Waals surface area contributed by atoms with Crippen LogP contribution in [0.1, 0.15) is 75.8 Å². The zero-order chi connectivity index (χ0) is 23.3. The zero-order valence-corrected chi connectivity index (χ0v) is 20.1. The van der Waals surface area contributed by atoms with E-state index in [0.717, 1.165) is 88.2 Å². The van der Waals surface area contributed by atoms with Crippen molar-refractivity contribution >= 4 is 17.0 Å². The summed E-state index contributed by atoms with van der Waals surface area (Å²) in [7, 11) is 0. The monoisotopic (exact) mass is 471 g/mol. The van der Waals surface area contributed by atoms with Crippen LogP contribution in [-0.2, 0) is 0 Å². The summed E-state index contributed by atoms with van der Waals surface area (Å²) in [5.74, 6) is 0.831. The SMILES string of the molecule is O=C(NC1CCCCC1)NN1CCC(CCN2CCC(c3noc4cc(F)ccc34)CC2)CC1. The van der Waals surface area contributed by atoms with E-state index in [9.17, 15) is 9.18 Å². The van der Waals surface area contributed by atoms with Crippen molar-refractivity contribution in [2.45, 2.75) is 76.2 Å². The van der Waals surface area contributed by atoms with Gasteiger partial charge in [0.05, 0.1) is 5.69 Å². The highest BCUT2D eigenvalue weighted by atomic mass is 19.1. The van der Waals surface area contributed by atoms with E-state index in [4.69, 9.17) is 4.52 Å². The number of nitrogens with zero attached hydrogens (tertiary/aromatic N) is 3. The summed E-state index contributed by atoms with van der Waals surface area (Å²) in [4.78, 5) is 14.9. The third kappa shape index (κ3) is 5.89. The van der Waals surface area contributed by atoms with Crippen LogP contribution in [-0.4, -0.2) is 59.9 Å². The number of hydrogen-bond donors (Lipinski definition) is 2. The lowest BCUT2D eigenvalue weighted by Gasteiger charge is -2.35. The number of hydrazine groups is 1. The lowest BCUT2D eigenvalue weighted by atomic mass is 9.90. The van der Waals surface area contributed by atoms with Crippen molar-refractivity contribution < 1.29 is 13.7 Å². The summed E-state index contributed by atoms with van der Waals surface area (Å²) in [6.45, 7) is 5.15. The van der Waals surface area contributed by atoms with Gasteiger partial charge >= 0.3 is 6.03 Å². The van der Waals surface area contributed by atoms with Crippen molar-refractivity contribution in [2.24, 2.45) is 5.92 Å². The van der Waals surface area contributed by atoms with Gasteiger partial charge in [-0.2, -0.15) is 0 Å². The summed E-state index contributed by atoms with van der Waals surface area (Å²) in [5, 5.41) is 10.5. The first kappa shape index (κ1) is 23.5. The van der Waals surface area contributed by atoms with Crippen molar-refractivity contribution in [1.82, 2.24) is 25.8 Å². The molecule has 7 nitrogen and oxygen atoms in total. The molecule has 5 rings (SSSR count). The van der Waals surface area contributed by atoms with E-state index in [1.165, 1.54) is 37.8 Å². The van der Waals surface area contributed by atoms with Gasteiger partial charge in [0.2, 0.25) is 0 Å². The molecule has 3 heterocycles. The van der Waals surface area contributed by atoms with Crippen LogP contribution in [0.15, 0.2) is 22.7 Å². The molecular formula is C26H38FN5O2. The quantitative estimate of drug-likeness (QED) is 0.633. The van der Waals surface area contributed by atoms with Crippen LogP contribution < -0.4 is 10.7 Å². The number of nitrogens with one attached hydrogen (secondary N) is 2. The van der Waals surface area contributed by atoms with Crippen LogP contribution >= 0.6 is 0 Å². The Bertz CT molecular complexity index is 944. The summed E-state index contributed by atoms with van der Waals surface area (Å²) in [6, 6.07) is 5.02. The van der Waals surface area contributed by atoms with E-state index in [0.29, 0.717) is 17.5 Å². The molecule has 2 N–H and O–H groups in total. The standard InChI is InChI=1S/C26H38FN5O2/c27-21-6-7-23-24(18-21)34-30-25(23)20-11-14-31(15-12-20)13-8-19-9-16-32(17-10-19)29-26(33)28-22-4-2-1-3-5-22/h6-7,18-20,22H,1-5,8-17H2,(H2,28,29,33). The first-order valence-electron chi connectivity index (χ1n) is 13.2. The number of fused-ring (bicyclic) bond motifs is 1. The van der Waals surface area contributed by atoms with E-state index in [1.807, 2.05) is 0 Å². The zero-order valence-electron chi connectivity index (χ0n) is 20.1. The molecule has 0 bridgehead atoms. The molecule has 0 spiro atoms. The molecule has 1 aliphatic carbocycles. The summed E-state index contributed by atoms with van der Waals surface area (Å²) in [5.41, 5.74) is 4.60. The highest BCUT2D eigenvalue weighted by Crippen LogP contribution is 2.33. The highest BCUT2D eigenvalue weighted by molar-refractivity contribution is 5.79. The Morgan fingerprint density at radius 2 is 1.79 bits per heavy atom. The normalized spacial score (nSPS) is 22.3. The maximum Gasteiger partial charge on any atom is 0.329 e. The molecule has 1 aromatic carbocycles. The van der Waals surface area contributed by atoms with Crippen molar-refractivity contribution in [3.05, 3.63) is 29.7 Å². The Labute approximate surface area is 201 Å².